The molecule has 0 saturated carbocycles. The number of nitrogens with one attached hydrogen (secondary N) is 1. The minimum absolute atomic E-state index is 0.0558. The van der Waals surface area contributed by atoms with Gasteiger partial charge in [-0.1, -0.05) is 30.3 Å². The van der Waals surface area contributed by atoms with Crippen molar-refractivity contribution in [2.45, 2.75) is 0 Å². The average Bonchev–Trinajstić information content (AvgIpc) is 3.17. The average molecular weight is 500 g/mol. The maximum atomic E-state index is 12.9. The quantitative estimate of drug-likeness (QED) is 0.129. The van der Waals surface area contributed by atoms with E-state index in [1.54, 1.807) is 36.4 Å². The van der Waals surface area contributed by atoms with Crippen molar-refractivity contribution in [2.24, 2.45) is 0 Å². The van der Waals surface area contributed by atoms with Crippen molar-refractivity contribution in [1.29, 1.82) is 0 Å². The number of non-ortho nitro benzene ring substituents is 2. The van der Waals surface area contributed by atoms with Crippen LogP contribution in [0.5, 0.6) is 5.75 Å². The molecule has 3 aromatic rings. The maximum absolute atomic E-state index is 12.9. The van der Waals surface area contributed by atoms with Crippen LogP contribution >= 0.6 is 0 Å². The largest absolute Gasteiger partial charge is 0.423 e. The molecule has 1 heterocycles. The Balaban J connectivity index is 1.62. The van der Waals surface area contributed by atoms with Gasteiger partial charge >= 0.3 is 5.97 Å². The fourth-order valence-corrected chi connectivity index (χ4v) is 3.38. The summed E-state index contributed by atoms with van der Waals surface area (Å²) in [5.41, 5.74) is 2.28. The van der Waals surface area contributed by atoms with E-state index >= 15 is 0 Å². The molecule has 0 bridgehead atoms. The van der Waals surface area contributed by atoms with Gasteiger partial charge in [0.2, 0.25) is 0 Å². The molecule has 4 rings (SSSR count). The van der Waals surface area contributed by atoms with E-state index in [1.807, 2.05) is 0 Å². The number of benzene rings is 3. The van der Waals surface area contributed by atoms with Crippen molar-refractivity contribution >= 4 is 47.0 Å². The zero-order valence-corrected chi connectivity index (χ0v) is 18.8. The molecule has 1 aliphatic heterocycles. The van der Waals surface area contributed by atoms with Crippen LogP contribution in [0, 0.1) is 20.2 Å². The molecule has 1 saturated heterocycles. The molecule has 184 valence electrons. The van der Waals surface area contributed by atoms with Crippen molar-refractivity contribution < 1.29 is 29.0 Å². The van der Waals surface area contributed by atoms with Crippen LogP contribution in [0.2, 0.25) is 0 Å². The first-order valence-electron chi connectivity index (χ1n) is 10.6. The molecule has 0 aliphatic carbocycles. The summed E-state index contributed by atoms with van der Waals surface area (Å²) in [6, 6.07) is 17.2. The van der Waals surface area contributed by atoms with Crippen LogP contribution < -0.4 is 15.2 Å². The second kappa shape index (κ2) is 10.3. The number of hydrogen-bond donors (Lipinski definition) is 1. The number of nitrogens with zero attached hydrogens (tertiary/aromatic N) is 3. The number of esters is 1. The second-order valence-corrected chi connectivity index (χ2v) is 7.56. The molecule has 0 atom stereocenters. The summed E-state index contributed by atoms with van der Waals surface area (Å²) in [7, 11) is 0. The summed E-state index contributed by atoms with van der Waals surface area (Å²) in [5, 5.41) is 23.2. The van der Waals surface area contributed by atoms with Crippen LogP contribution in [0.1, 0.15) is 11.1 Å². The van der Waals surface area contributed by atoms with Gasteiger partial charge in [-0.2, -0.15) is 0 Å². The van der Waals surface area contributed by atoms with E-state index in [9.17, 15) is 34.6 Å². The summed E-state index contributed by atoms with van der Waals surface area (Å²) in [6.45, 7) is 0. The van der Waals surface area contributed by atoms with Crippen LogP contribution in [-0.4, -0.2) is 27.6 Å². The third kappa shape index (κ3) is 5.54. The predicted molar refractivity (Wildman–Crippen MR) is 131 cm³/mol. The third-order valence-electron chi connectivity index (χ3n) is 5.11. The fraction of sp³-hybridized carbons (Fsp3) is 0. The molecule has 0 aromatic heterocycles. The number of hydrogen-bond acceptors (Lipinski definition) is 8. The lowest BCUT2D eigenvalue weighted by molar-refractivity contribution is -0.385. The van der Waals surface area contributed by atoms with Crippen LogP contribution in [-0.2, 0) is 14.4 Å². The van der Waals surface area contributed by atoms with Gasteiger partial charge in [0.1, 0.15) is 11.3 Å². The molecule has 0 radical (unpaired) electrons. The SMILES string of the molecule is O=C(/C=C/c1cccc([N+](=O)[O-])c1)Oc1ccc([N+](=O)[O-])cc1/C=C1/C(=O)NN(c2ccccc2)C1=O. The minimum atomic E-state index is -0.895. The van der Waals surface area contributed by atoms with E-state index < -0.39 is 27.6 Å². The molecular weight excluding hydrogens is 484 g/mol. The third-order valence-corrected chi connectivity index (χ3v) is 5.11. The molecule has 0 spiro atoms. The van der Waals surface area contributed by atoms with Crippen molar-refractivity contribution in [3.63, 3.8) is 0 Å². The van der Waals surface area contributed by atoms with Crippen LogP contribution in [0.3, 0.4) is 0 Å². The molecule has 1 fully saturated rings. The first-order valence-corrected chi connectivity index (χ1v) is 10.6. The number of nitro benzene ring substituents is 2. The molecule has 1 aliphatic rings. The Hall–Kier alpha value is -5.65. The predicted octanol–water partition coefficient (Wildman–Crippen LogP) is 3.58. The van der Waals surface area contributed by atoms with E-state index in [-0.39, 0.29) is 28.3 Å². The Morgan fingerprint density at radius 1 is 0.892 bits per heavy atom. The van der Waals surface area contributed by atoms with Gasteiger partial charge in [0.15, 0.2) is 0 Å². The Bertz CT molecular complexity index is 1500. The highest BCUT2D eigenvalue weighted by Gasteiger charge is 2.34. The number of ether oxygens (including phenoxy) is 1. The number of para-hydroxylation sites is 1. The van der Waals surface area contributed by atoms with Crippen LogP contribution in [0.25, 0.3) is 12.2 Å². The van der Waals surface area contributed by atoms with Gasteiger partial charge in [0, 0.05) is 35.9 Å². The monoisotopic (exact) mass is 500 g/mol. The lowest BCUT2D eigenvalue weighted by Gasteiger charge is -2.13. The lowest BCUT2D eigenvalue weighted by Crippen LogP contribution is -2.35. The zero-order valence-electron chi connectivity index (χ0n) is 18.8. The summed E-state index contributed by atoms with van der Waals surface area (Å²) < 4.78 is 5.29. The number of carbonyl (C=O) groups is 3. The molecular formula is C25H16N4O8. The molecule has 37 heavy (non-hydrogen) atoms. The summed E-state index contributed by atoms with van der Waals surface area (Å²) in [5.74, 6) is -2.49. The summed E-state index contributed by atoms with van der Waals surface area (Å²) >= 11 is 0. The van der Waals surface area contributed by atoms with Gasteiger partial charge < -0.3 is 4.74 Å². The Labute approximate surface area is 208 Å². The Morgan fingerprint density at radius 2 is 1.59 bits per heavy atom. The highest BCUT2D eigenvalue weighted by molar-refractivity contribution is 6.31. The van der Waals surface area contributed by atoms with Gasteiger partial charge in [-0.15, -0.1) is 0 Å². The van der Waals surface area contributed by atoms with Gasteiger partial charge in [0.05, 0.1) is 15.5 Å². The van der Waals surface area contributed by atoms with E-state index in [2.05, 4.69) is 5.43 Å². The van der Waals surface area contributed by atoms with Crippen molar-refractivity contribution in [2.75, 3.05) is 5.01 Å². The molecule has 0 unspecified atom stereocenters. The Morgan fingerprint density at radius 3 is 2.30 bits per heavy atom. The number of amides is 2. The molecule has 2 amide bonds. The number of hydrazine groups is 1. The minimum Gasteiger partial charge on any atom is -0.423 e. The van der Waals surface area contributed by atoms with Gasteiger partial charge in [0.25, 0.3) is 23.2 Å². The normalized spacial score (nSPS) is 14.2. The highest BCUT2D eigenvalue weighted by Crippen LogP contribution is 2.29. The van der Waals surface area contributed by atoms with Crippen molar-refractivity contribution in [3.05, 3.63) is 116 Å². The lowest BCUT2D eigenvalue weighted by atomic mass is 10.1. The second-order valence-electron chi connectivity index (χ2n) is 7.56. The topological polar surface area (TPSA) is 162 Å². The van der Waals surface area contributed by atoms with Crippen molar-refractivity contribution in [1.82, 2.24) is 5.43 Å². The highest BCUT2D eigenvalue weighted by atomic mass is 16.6. The molecule has 3 aromatic carbocycles. The summed E-state index contributed by atoms with van der Waals surface area (Å²) in [4.78, 5) is 58.8. The summed E-state index contributed by atoms with van der Waals surface area (Å²) in [6.07, 6.45) is 3.41. The number of carbonyl (C=O) groups excluding carboxylic acids is 3. The molecule has 12 heteroatoms. The van der Waals surface area contributed by atoms with E-state index in [0.29, 0.717) is 11.3 Å². The van der Waals surface area contributed by atoms with E-state index in [1.165, 1.54) is 24.3 Å². The van der Waals surface area contributed by atoms with Gasteiger partial charge in [-0.05, 0) is 35.9 Å². The first-order chi connectivity index (χ1) is 17.7. The van der Waals surface area contributed by atoms with Crippen LogP contribution in [0.4, 0.5) is 17.1 Å². The molecule has 12 nitrogen and oxygen atoms in total. The Kier molecular flexibility index (Phi) is 6.82. The standard InChI is InChI=1S/C25H16N4O8/c30-23(12-9-16-5-4-8-19(13-16)28(33)34)37-22-11-10-20(29(35)36)14-17(22)15-21-24(31)26-27(25(21)32)18-6-2-1-3-7-18/h1-15H,(H,26,31)/b12-9+,21-15-. The maximum Gasteiger partial charge on any atom is 0.336 e. The van der Waals surface area contributed by atoms with E-state index in [0.717, 1.165) is 35.4 Å². The van der Waals surface area contributed by atoms with Crippen LogP contribution in [0.15, 0.2) is 84.4 Å². The number of anilines is 1. The van der Waals surface area contributed by atoms with Gasteiger partial charge in [-0.25, -0.2) is 9.80 Å². The fourth-order valence-electron chi connectivity index (χ4n) is 3.38. The van der Waals surface area contributed by atoms with Gasteiger partial charge in [-0.3, -0.25) is 35.2 Å². The number of nitro groups is 2. The zero-order chi connectivity index (χ0) is 26.5. The first kappa shape index (κ1) is 24.5. The van der Waals surface area contributed by atoms with Crippen molar-refractivity contribution in [3.8, 4) is 5.75 Å². The number of rotatable bonds is 7. The molecule has 1 N–H and O–H groups in total. The van der Waals surface area contributed by atoms with E-state index in [4.69, 9.17) is 4.74 Å². The smallest absolute Gasteiger partial charge is 0.336 e.